The lowest BCUT2D eigenvalue weighted by Gasteiger charge is -2.14. The van der Waals surface area contributed by atoms with E-state index in [4.69, 9.17) is 4.74 Å². The Hall–Kier alpha value is -0.540. The maximum atomic E-state index is 5.75. The Morgan fingerprint density at radius 1 is 1.47 bits per heavy atom. The Morgan fingerprint density at radius 3 is 3.06 bits per heavy atom. The molecule has 1 aromatic carbocycles. The molecule has 17 heavy (non-hydrogen) atoms. The summed E-state index contributed by atoms with van der Waals surface area (Å²) in [4.78, 5) is 0. The number of benzene rings is 1. The molecule has 0 saturated heterocycles. The van der Waals surface area contributed by atoms with Crippen LogP contribution in [0, 0.1) is 5.92 Å². The molecule has 0 spiro atoms. The van der Waals surface area contributed by atoms with Crippen LogP contribution in [0.15, 0.2) is 16.6 Å². The van der Waals surface area contributed by atoms with E-state index in [0.29, 0.717) is 5.92 Å². The molecule has 0 radical (unpaired) electrons. The van der Waals surface area contributed by atoms with E-state index < -0.39 is 0 Å². The Kier molecular flexibility index (Phi) is 4.46. The minimum atomic E-state index is 0.637. The van der Waals surface area contributed by atoms with Gasteiger partial charge in [-0.25, -0.2) is 0 Å². The molecule has 94 valence electrons. The van der Waals surface area contributed by atoms with E-state index in [1.807, 2.05) is 0 Å². The summed E-state index contributed by atoms with van der Waals surface area (Å²) >= 11 is 3.59. The van der Waals surface area contributed by atoms with Gasteiger partial charge in [-0.3, -0.25) is 0 Å². The van der Waals surface area contributed by atoms with Gasteiger partial charge >= 0.3 is 0 Å². The van der Waals surface area contributed by atoms with Crippen LogP contribution in [0.25, 0.3) is 0 Å². The zero-order valence-electron chi connectivity index (χ0n) is 10.6. The monoisotopic (exact) mass is 297 g/mol. The molecule has 0 amide bonds. The van der Waals surface area contributed by atoms with Gasteiger partial charge in [0.05, 0.1) is 6.61 Å². The van der Waals surface area contributed by atoms with Crippen molar-refractivity contribution in [3.8, 4) is 5.75 Å². The van der Waals surface area contributed by atoms with Crippen molar-refractivity contribution >= 4 is 15.9 Å². The van der Waals surface area contributed by atoms with Gasteiger partial charge in [-0.2, -0.15) is 0 Å². The molecule has 2 nitrogen and oxygen atoms in total. The van der Waals surface area contributed by atoms with Crippen molar-refractivity contribution in [3.05, 3.63) is 27.7 Å². The number of halogens is 1. The topological polar surface area (TPSA) is 21.3 Å². The molecule has 2 rings (SSSR count). The third-order valence-corrected chi connectivity index (χ3v) is 3.59. The van der Waals surface area contributed by atoms with Crippen LogP contribution in [0.2, 0.25) is 0 Å². The lowest BCUT2D eigenvalue weighted by atomic mass is 9.98. The first-order chi connectivity index (χ1) is 8.20. The molecular weight excluding hydrogens is 278 g/mol. The van der Waals surface area contributed by atoms with Crippen LogP contribution in [0.5, 0.6) is 5.75 Å². The lowest BCUT2D eigenvalue weighted by Crippen LogP contribution is -2.22. The molecule has 1 aromatic rings. The van der Waals surface area contributed by atoms with Gasteiger partial charge in [-0.1, -0.05) is 29.8 Å². The molecule has 1 heterocycles. The number of nitrogens with one attached hydrogen (secondary N) is 1. The minimum Gasteiger partial charge on any atom is -0.493 e. The van der Waals surface area contributed by atoms with E-state index in [-0.39, 0.29) is 0 Å². The van der Waals surface area contributed by atoms with Crippen molar-refractivity contribution in [2.75, 3.05) is 19.7 Å². The van der Waals surface area contributed by atoms with Crippen molar-refractivity contribution in [2.24, 2.45) is 5.92 Å². The third-order valence-electron chi connectivity index (χ3n) is 3.14. The molecule has 0 fully saturated rings. The second-order valence-corrected chi connectivity index (χ2v) is 5.68. The number of rotatable bonds is 5. The Balaban J connectivity index is 2.10. The van der Waals surface area contributed by atoms with E-state index in [1.54, 1.807) is 0 Å². The van der Waals surface area contributed by atoms with Gasteiger partial charge in [0.15, 0.2) is 0 Å². The maximum absolute atomic E-state index is 5.75. The highest BCUT2D eigenvalue weighted by Gasteiger charge is 2.18. The summed E-state index contributed by atoms with van der Waals surface area (Å²) in [6.07, 6.45) is 2.12. The van der Waals surface area contributed by atoms with Crippen LogP contribution < -0.4 is 10.1 Å². The predicted molar refractivity (Wildman–Crippen MR) is 74.8 cm³/mol. The van der Waals surface area contributed by atoms with Crippen LogP contribution >= 0.6 is 15.9 Å². The van der Waals surface area contributed by atoms with Crippen molar-refractivity contribution in [1.82, 2.24) is 5.32 Å². The molecule has 0 saturated carbocycles. The highest BCUT2D eigenvalue weighted by Crippen LogP contribution is 2.34. The zero-order chi connectivity index (χ0) is 12.3. The van der Waals surface area contributed by atoms with Crippen molar-refractivity contribution in [1.29, 1.82) is 0 Å². The normalized spacial score (nSPS) is 15.5. The molecule has 3 heteroatoms. The fourth-order valence-electron chi connectivity index (χ4n) is 2.34. The highest BCUT2D eigenvalue weighted by molar-refractivity contribution is 9.10. The van der Waals surface area contributed by atoms with Gasteiger partial charge in [0.1, 0.15) is 5.75 Å². The number of ether oxygens (including phenoxy) is 1. The summed E-state index contributed by atoms with van der Waals surface area (Å²) in [6.45, 7) is 7.37. The average Bonchev–Trinajstić information content (AvgIpc) is 2.74. The Labute approximate surface area is 112 Å². The molecule has 0 bridgehead atoms. The fourth-order valence-corrected chi connectivity index (χ4v) is 2.89. The summed E-state index contributed by atoms with van der Waals surface area (Å²) in [5.41, 5.74) is 2.70. The molecule has 1 aliphatic rings. The summed E-state index contributed by atoms with van der Waals surface area (Å²) in [6, 6.07) is 4.38. The first-order valence-electron chi connectivity index (χ1n) is 6.35. The van der Waals surface area contributed by atoms with Crippen LogP contribution in [-0.4, -0.2) is 19.7 Å². The van der Waals surface area contributed by atoms with Gasteiger partial charge < -0.3 is 10.1 Å². The first-order valence-corrected chi connectivity index (χ1v) is 7.14. The first kappa shape index (κ1) is 12.9. The molecule has 0 aromatic heterocycles. The largest absolute Gasteiger partial charge is 0.493 e. The van der Waals surface area contributed by atoms with E-state index in [9.17, 15) is 0 Å². The second kappa shape index (κ2) is 5.87. The van der Waals surface area contributed by atoms with E-state index in [2.05, 4.69) is 47.2 Å². The Bertz CT molecular complexity index is 392. The van der Waals surface area contributed by atoms with Crippen LogP contribution in [0.4, 0.5) is 0 Å². The summed E-state index contributed by atoms with van der Waals surface area (Å²) in [5.74, 6) is 1.77. The molecule has 1 unspecified atom stereocenters. The van der Waals surface area contributed by atoms with Gasteiger partial charge in [0, 0.05) is 10.9 Å². The summed E-state index contributed by atoms with van der Waals surface area (Å²) < 4.78 is 6.92. The van der Waals surface area contributed by atoms with Gasteiger partial charge in [-0.05, 0) is 48.7 Å². The zero-order valence-corrected chi connectivity index (χ0v) is 12.1. The van der Waals surface area contributed by atoms with E-state index >= 15 is 0 Å². The second-order valence-electron chi connectivity index (χ2n) is 4.77. The fraction of sp³-hybridized carbons (Fsp3) is 0.571. The van der Waals surface area contributed by atoms with Crippen molar-refractivity contribution in [3.63, 3.8) is 0 Å². The SMILES string of the molecule is CCNCC(C)Cc1cc(Br)cc2c1OCC2. The summed E-state index contributed by atoms with van der Waals surface area (Å²) in [7, 11) is 0. The standard InChI is InChI=1S/C14H20BrNO/c1-3-16-9-10(2)6-12-8-13(15)7-11-4-5-17-14(11)12/h7-8,10,16H,3-6,9H2,1-2H3. The highest BCUT2D eigenvalue weighted by atomic mass is 79.9. The van der Waals surface area contributed by atoms with Crippen LogP contribution in [-0.2, 0) is 12.8 Å². The molecule has 1 N–H and O–H groups in total. The predicted octanol–water partition coefficient (Wildman–Crippen LogP) is 3.17. The van der Waals surface area contributed by atoms with Crippen LogP contribution in [0.3, 0.4) is 0 Å². The van der Waals surface area contributed by atoms with E-state index in [1.165, 1.54) is 15.6 Å². The quantitative estimate of drug-likeness (QED) is 0.901. The number of hydrogen-bond acceptors (Lipinski definition) is 2. The number of hydrogen-bond donors (Lipinski definition) is 1. The van der Waals surface area contributed by atoms with Gasteiger partial charge in [0.25, 0.3) is 0 Å². The smallest absolute Gasteiger partial charge is 0.125 e. The van der Waals surface area contributed by atoms with Crippen LogP contribution in [0.1, 0.15) is 25.0 Å². The third kappa shape index (κ3) is 3.23. The number of fused-ring (bicyclic) bond motifs is 1. The van der Waals surface area contributed by atoms with Gasteiger partial charge in [0.2, 0.25) is 0 Å². The van der Waals surface area contributed by atoms with Crippen molar-refractivity contribution in [2.45, 2.75) is 26.7 Å². The minimum absolute atomic E-state index is 0.637. The lowest BCUT2D eigenvalue weighted by molar-refractivity contribution is 0.351. The molecule has 1 atom stereocenters. The Morgan fingerprint density at radius 2 is 2.29 bits per heavy atom. The summed E-state index contributed by atoms with van der Waals surface area (Å²) in [5, 5.41) is 3.40. The van der Waals surface area contributed by atoms with Crippen molar-refractivity contribution < 1.29 is 4.74 Å². The molecule has 1 aliphatic heterocycles. The molecular formula is C14H20BrNO. The van der Waals surface area contributed by atoms with Gasteiger partial charge in [-0.15, -0.1) is 0 Å². The molecule has 0 aliphatic carbocycles. The maximum Gasteiger partial charge on any atom is 0.125 e. The van der Waals surface area contributed by atoms with E-state index in [0.717, 1.165) is 38.3 Å². The average molecular weight is 298 g/mol.